The first-order chi connectivity index (χ1) is 12.9. The molecule has 1 N–H and O–H groups in total. The minimum Gasteiger partial charge on any atom is -0.335 e. The van der Waals surface area contributed by atoms with E-state index in [9.17, 15) is 23.2 Å². The molecule has 1 aromatic carbocycles. The molecule has 0 radical (unpaired) electrons. The molecule has 1 aromatic heterocycles. The summed E-state index contributed by atoms with van der Waals surface area (Å²) in [6.45, 7) is 0.575. The summed E-state index contributed by atoms with van der Waals surface area (Å²) in [5.74, 6) is -3.33. The monoisotopic (exact) mass is 372 g/mol. The Labute approximate surface area is 152 Å². The van der Waals surface area contributed by atoms with Crippen molar-refractivity contribution < 1.29 is 18.4 Å². The number of carbonyl (C=O) groups excluding carboxylic acids is 2. The predicted octanol–water partition coefficient (Wildman–Crippen LogP) is 1.12. The molecular weight excluding hydrogens is 358 g/mol. The molecular formula is C18H14F2N4O3. The molecule has 3 rings (SSSR count). The van der Waals surface area contributed by atoms with Crippen LogP contribution in [0.15, 0.2) is 35.3 Å². The van der Waals surface area contributed by atoms with E-state index in [0.29, 0.717) is 5.56 Å². The fourth-order valence-electron chi connectivity index (χ4n) is 2.84. The number of H-pyrrole nitrogens is 1. The number of rotatable bonds is 2. The number of hydrogen-bond donors (Lipinski definition) is 1. The first-order valence-corrected chi connectivity index (χ1v) is 8.07. The minimum atomic E-state index is -1.09. The number of pyridine rings is 1. The van der Waals surface area contributed by atoms with Crippen molar-refractivity contribution in [3.63, 3.8) is 0 Å². The van der Waals surface area contributed by atoms with Crippen molar-refractivity contribution in [1.29, 1.82) is 5.26 Å². The first kappa shape index (κ1) is 18.3. The van der Waals surface area contributed by atoms with Crippen molar-refractivity contribution in [1.82, 2.24) is 14.8 Å². The number of halogens is 2. The second-order valence-electron chi connectivity index (χ2n) is 5.95. The van der Waals surface area contributed by atoms with Crippen LogP contribution in [-0.2, 0) is 0 Å². The van der Waals surface area contributed by atoms with Gasteiger partial charge in [-0.25, -0.2) is 8.78 Å². The van der Waals surface area contributed by atoms with E-state index in [1.807, 2.05) is 0 Å². The Hall–Kier alpha value is -3.54. The van der Waals surface area contributed by atoms with Crippen LogP contribution in [0.1, 0.15) is 26.3 Å². The molecule has 0 bridgehead atoms. The molecule has 2 heterocycles. The van der Waals surface area contributed by atoms with Gasteiger partial charge in [0.15, 0.2) is 0 Å². The molecule has 9 heteroatoms. The van der Waals surface area contributed by atoms with Crippen molar-refractivity contribution in [2.24, 2.45) is 0 Å². The highest BCUT2D eigenvalue weighted by molar-refractivity contribution is 5.96. The molecule has 138 valence electrons. The molecule has 1 aliphatic rings. The summed E-state index contributed by atoms with van der Waals surface area (Å²) in [4.78, 5) is 41.1. The third kappa shape index (κ3) is 3.69. The predicted molar refractivity (Wildman–Crippen MR) is 89.9 cm³/mol. The Balaban J connectivity index is 1.70. The highest BCUT2D eigenvalue weighted by Crippen LogP contribution is 2.19. The average Bonchev–Trinajstić information content (AvgIpc) is 2.67. The molecule has 0 atom stereocenters. The number of piperazine rings is 1. The van der Waals surface area contributed by atoms with E-state index in [1.165, 1.54) is 28.1 Å². The van der Waals surface area contributed by atoms with Crippen LogP contribution in [-0.4, -0.2) is 52.8 Å². The van der Waals surface area contributed by atoms with Crippen molar-refractivity contribution in [2.45, 2.75) is 0 Å². The third-order valence-corrected chi connectivity index (χ3v) is 4.27. The SMILES string of the molecule is N#Cc1cc(F)c(C(=O)N2CCN(C(=O)c3ccc(=O)[nH]c3)CC2)c(F)c1. The zero-order chi connectivity index (χ0) is 19.6. The lowest BCUT2D eigenvalue weighted by molar-refractivity contribution is 0.0529. The highest BCUT2D eigenvalue weighted by Gasteiger charge is 2.29. The second-order valence-corrected chi connectivity index (χ2v) is 5.95. The summed E-state index contributed by atoms with van der Waals surface area (Å²) in [6, 6.07) is 5.89. The molecule has 2 amide bonds. The number of nitriles is 1. The Morgan fingerprint density at radius 1 is 1.00 bits per heavy atom. The van der Waals surface area contributed by atoms with E-state index in [4.69, 9.17) is 5.26 Å². The molecule has 1 saturated heterocycles. The fraction of sp³-hybridized carbons (Fsp3) is 0.222. The van der Waals surface area contributed by atoms with Crippen LogP contribution in [0.25, 0.3) is 0 Å². The lowest BCUT2D eigenvalue weighted by atomic mass is 10.1. The largest absolute Gasteiger partial charge is 0.335 e. The highest BCUT2D eigenvalue weighted by atomic mass is 19.1. The maximum atomic E-state index is 14.0. The van der Waals surface area contributed by atoms with E-state index < -0.39 is 23.1 Å². The molecule has 27 heavy (non-hydrogen) atoms. The normalized spacial score (nSPS) is 14.0. The zero-order valence-electron chi connectivity index (χ0n) is 14.0. The van der Waals surface area contributed by atoms with Gasteiger partial charge in [-0.1, -0.05) is 0 Å². The van der Waals surface area contributed by atoms with Gasteiger partial charge >= 0.3 is 0 Å². The van der Waals surface area contributed by atoms with Gasteiger partial charge in [-0.2, -0.15) is 5.26 Å². The maximum absolute atomic E-state index is 14.0. The Morgan fingerprint density at radius 3 is 2.04 bits per heavy atom. The molecule has 7 nitrogen and oxygen atoms in total. The van der Waals surface area contributed by atoms with Crippen LogP contribution in [0.4, 0.5) is 8.78 Å². The summed E-state index contributed by atoms with van der Waals surface area (Å²) < 4.78 is 28.1. The summed E-state index contributed by atoms with van der Waals surface area (Å²) in [5, 5.41) is 8.72. The quantitative estimate of drug-likeness (QED) is 0.854. The van der Waals surface area contributed by atoms with Gasteiger partial charge in [0.25, 0.3) is 11.8 Å². The Bertz CT molecular complexity index is 961. The molecule has 0 spiro atoms. The van der Waals surface area contributed by atoms with E-state index in [0.717, 1.165) is 12.1 Å². The maximum Gasteiger partial charge on any atom is 0.259 e. The van der Waals surface area contributed by atoms with Crippen LogP contribution in [0, 0.1) is 23.0 Å². The standard InChI is InChI=1S/C18H14F2N4O3/c19-13-7-11(9-21)8-14(20)16(13)18(27)24-5-3-23(4-6-24)17(26)12-1-2-15(25)22-10-12/h1-2,7-8,10H,3-6H2,(H,22,25). The van der Waals surface area contributed by atoms with Crippen LogP contribution in [0.3, 0.4) is 0 Å². The van der Waals surface area contributed by atoms with Crippen molar-refractivity contribution >= 4 is 11.8 Å². The van der Waals surface area contributed by atoms with Gasteiger partial charge in [0, 0.05) is 38.4 Å². The summed E-state index contributed by atoms with van der Waals surface area (Å²) in [5.41, 5.74) is -0.945. The van der Waals surface area contributed by atoms with E-state index in [-0.39, 0.29) is 43.2 Å². The van der Waals surface area contributed by atoms with E-state index in [1.54, 1.807) is 6.07 Å². The van der Waals surface area contributed by atoms with Gasteiger partial charge in [0.05, 0.1) is 17.2 Å². The number of nitrogens with one attached hydrogen (secondary N) is 1. The van der Waals surface area contributed by atoms with Gasteiger partial charge in [-0.3, -0.25) is 14.4 Å². The van der Waals surface area contributed by atoms with E-state index in [2.05, 4.69) is 4.98 Å². The molecule has 0 aliphatic carbocycles. The number of aromatic amines is 1. The summed E-state index contributed by atoms with van der Waals surface area (Å²) in [6.07, 6.45) is 1.31. The van der Waals surface area contributed by atoms with Gasteiger partial charge in [-0.05, 0) is 18.2 Å². The minimum absolute atomic E-state index is 0.104. The number of hydrogen-bond acceptors (Lipinski definition) is 4. The van der Waals surface area contributed by atoms with Gasteiger partial charge < -0.3 is 14.8 Å². The average molecular weight is 372 g/mol. The number of amides is 2. The second kappa shape index (κ2) is 7.37. The fourth-order valence-corrected chi connectivity index (χ4v) is 2.84. The van der Waals surface area contributed by atoms with Gasteiger partial charge in [0.2, 0.25) is 5.56 Å². The van der Waals surface area contributed by atoms with Crippen LogP contribution in [0.2, 0.25) is 0 Å². The zero-order valence-corrected chi connectivity index (χ0v) is 14.0. The molecule has 0 saturated carbocycles. The van der Waals surface area contributed by atoms with Gasteiger partial charge in [0.1, 0.15) is 17.2 Å². The van der Waals surface area contributed by atoms with Crippen LogP contribution < -0.4 is 5.56 Å². The smallest absolute Gasteiger partial charge is 0.259 e. The number of nitrogens with zero attached hydrogens (tertiary/aromatic N) is 3. The Kier molecular flexibility index (Phi) is 4.98. The number of aromatic nitrogens is 1. The topological polar surface area (TPSA) is 97.3 Å². The molecule has 0 unspecified atom stereocenters. The van der Waals surface area contributed by atoms with Crippen LogP contribution in [0.5, 0.6) is 0 Å². The van der Waals surface area contributed by atoms with E-state index >= 15 is 0 Å². The summed E-state index contributed by atoms with van der Waals surface area (Å²) >= 11 is 0. The summed E-state index contributed by atoms with van der Waals surface area (Å²) in [7, 11) is 0. The van der Waals surface area contributed by atoms with Gasteiger partial charge in [-0.15, -0.1) is 0 Å². The van der Waals surface area contributed by atoms with Crippen molar-refractivity contribution in [3.05, 3.63) is 69.1 Å². The molecule has 1 fully saturated rings. The lowest BCUT2D eigenvalue weighted by Gasteiger charge is -2.34. The number of benzene rings is 1. The van der Waals surface area contributed by atoms with Crippen LogP contribution >= 0.6 is 0 Å². The third-order valence-electron chi connectivity index (χ3n) is 4.27. The van der Waals surface area contributed by atoms with Crippen molar-refractivity contribution in [2.75, 3.05) is 26.2 Å². The lowest BCUT2D eigenvalue weighted by Crippen LogP contribution is -2.51. The van der Waals surface area contributed by atoms with Crippen molar-refractivity contribution in [3.8, 4) is 6.07 Å². The molecule has 2 aromatic rings. The number of carbonyl (C=O) groups is 2. The first-order valence-electron chi connectivity index (χ1n) is 8.07. The molecule has 1 aliphatic heterocycles. The Morgan fingerprint density at radius 2 is 1.56 bits per heavy atom.